The van der Waals surface area contributed by atoms with Crippen LogP contribution in [0.15, 0.2) is 0 Å². The highest BCUT2D eigenvalue weighted by Crippen LogP contribution is 2.50. The zero-order valence-electron chi connectivity index (χ0n) is 11.2. The van der Waals surface area contributed by atoms with Crippen molar-refractivity contribution in [3.63, 3.8) is 0 Å². The molecule has 0 spiro atoms. The molecule has 3 nitrogen and oxygen atoms in total. The number of aromatic hydroxyl groups is 1. The molecular formula is C14H21NO2. The summed E-state index contributed by atoms with van der Waals surface area (Å²) in [5.41, 5.74) is 9.48. The van der Waals surface area contributed by atoms with E-state index in [4.69, 9.17) is 10.5 Å². The molecular weight excluding hydrogens is 214 g/mol. The molecule has 17 heavy (non-hydrogen) atoms. The number of phenolic OH excluding ortho intramolecular Hbond substituents is 1. The van der Waals surface area contributed by atoms with Gasteiger partial charge in [0.25, 0.3) is 0 Å². The van der Waals surface area contributed by atoms with E-state index in [1.54, 1.807) is 0 Å². The highest BCUT2D eigenvalue weighted by Gasteiger charge is 2.43. The first-order valence-electron chi connectivity index (χ1n) is 6.03. The number of ether oxygens (including phenoxy) is 1. The minimum atomic E-state index is -0.299. The Bertz CT molecular complexity index is 478. The lowest BCUT2D eigenvalue weighted by Gasteiger charge is -2.25. The van der Waals surface area contributed by atoms with Gasteiger partial charge < -0.3 is 15.6 Å². The Morgan fingerprint density at radius 1 is 1.18 bits per heavy atom. The van der Waals surface area contributed by atoms with Gasteiger partial charge >= 0.3 is 0 Å². The number of fused-ring (bicyclic) bond motifs is 1. The van der Waals surface area contributed by atoms with Gasteiger partial charge in [-0.1, -0.05) is 0 Å². The predicted molar refractivity (Wildman–Crippen MR) is 68.8 cm³/mol. The topological polar surface area (TPSA) is 55.5 Å². The van der Waals surface area contributed by atoms with E-state index in [2.05, 4.69) is 13.8 Å². The van der Waals surface area contributed by atoms with Gasteiger partial charge in [0.15, 0.2) is 0 Å². The van der Waals surface area contributed by atoms with Gasteiger partial charge in [0, 0.05) is 18.0 Å². The molecule has 3 N–H and O–H groups in total. The molecule has 0 radical (unpaired) electrons. The highest BCUT2D eigenvalue weighted by atomic mass is 16.5. The summed E-state index contributed by atoms with van der Waals surface area (Å²) in [7, 11) is 0. The van der Waals surface area contributed by atoms with Crippen LogP contribution in [0.5, 0.6) is 11.5 Å². The van der Waals surface area contributed by atoms with Crippen molar-refractivity contribution in [2.75, 3.05) is 6.54 Å². The summed E-state index contributed by atoms with van der Waals surface area (Å²) in [6, 6.07) is 0. The second-order valence-corrected chi connectivity index (χ2v) is 5.46. The molecule has 2 rings (SSSR count). The number of rotatable bonds is 1. The normalized spacial score (nSPS) is 21.2. The molecule has 1 heterocycles. The van der Waals surface area contributed by atoms with Crippen molar-refractivity contribution < 1.29 is 9.84 Å². The van der Waals surface area contributed by atoms with Crippen molar-refractivity contribution in [1.29, 1.82) is 0 Å². The molecule has 1 atom stereocenters. The molecule has 1 unspecified atom stereocenters. The summed E-state index contributed by atoms with van der Waals surface area (Å²) in [5.74, 6) is 1.43. The monoisotopic (exact) mass is 235 g/mol. The smallest absolute Gasteiger partial charge is 0.127 e. The molecule has 0 saturated heterocycles. The minimum Gasteiger partial charge on any atom is -0.507 e. The van der Waals surface area contributed by atoms with E-state index >= 15 is 0 Å². The van der Waals surface area contributed by atoms with E-state index < -0.39 is 0 Å². The summed E-state index contributed by atoms with van der Waals surface area (Å²) in [6.07, 6.45) is 0. The van der Waals surface area contributed by atoms with Crippen LogP contribution in [-0.2, 0) is 0 Å². The third-order valence-electron chi connectivity index (χ3n) is 4.05. The number of nitrogens with two attached hydrogens (primary N) is 1. The van der Waals surface area contributed by atoms with Crippen molar-refractivity contribution in [3.05, 3.63) is 22.3 Å². The molecule has 0 fully saturated rings. The molecule has 1 aliphatic rings. The van der Waals surface area contributed by atoms with Gasteiger partial charge in [0.2, 0.25) is 0 Å². The SMILES string of the molecule is Cc1c(C)c2c(c(C)c1O)C(CN)C(C)(C)O2. The van der Waals surface area contributed by atoms with Crippen molar-refractivity contribution in [2.24, 2.45) is 5.73 Å². The van der Waals surface area contributed by atoms with Gasteiger partial charge in [-0.2, -0.15) is 0 Å². The molecule has 0 saturated carbocycles. The second kappa shape index (κ2) is 3.64. The fraction of sp³-hybridized carbons (Fsp3) is 0.571. The molecule has 0 aromatic heterocycles. The van der Waals surface area contributed by atoms with E-state index in [1.807, 2.05) is 20.8 Å². The first-order valence-corrected chi connectivity index (χ1v) is 6.03. The van der Waals surface area contributed by atoms with E-state index in [0.29, 0.717) is 12.3 Å². The number of phenols is 1. The number of hydrogen-bond donors (Lipinski definition) is 2. The van der Waals surface area contributed by atoms with Gasteiger partial charge in [-0.25, -0.2) is 0 Å². The molecule has 94 valence electrons. The van der Waals surface area contributed by atoms with Crippen LogP contribution in [0.1, 0.15) is 42.0 Å². The summed E-state index contributed by atoms with van der Waals surface area (Å²) in [5, 5.41) is 10.1. The lowest BCUT2D eigenvalue weighted by molar-refractivity contribution is 0.111. The fourth-order valence-corrected chi connectivity index (χ4v) is 2.76. The van der Waals surface area contributed by atoms with Crippen LogP contribution in [0.3, 0.4) is 0 Å². The molecule has 0 aliphatic carbocycles. The Labute approximate surface area is 103 Å². The number of hydrogen-bond acceptors (Lipinski definition) is 3. The summed E-state index contributed by atoms with van der Waals surface area (Å²) in [6.45, 7) is 10.5. The maximum Gasteiger partial charge on any atom is 0.127 e. The lowest BCUT2D eigenvalue weighted by Crippen LogP contribution is -2.34. The molecule has 1 aromatic rings. The van der Waals surface area contributed by atoms with Gasteiger partial charge in [-0.05, 0) is 51.3 Å². The largest absolute Gasteiger partial charge is 0.507 e. The zero-order valence-corrected chi connectivity index (χ0v) is 11.2. The zero-order chi connectivity index (χ0) is 13.0. The van der Waals surface area contributed by atoms with Crippen molar-refractivity contribution >= 4 is 0 Å². The maximum absolute atomic E-state index is 10.1. The summed E-state index contributed by atoms with van der Waals surface area (Å²) < 4.78 is 6.05. The first-order chi connectivity index (χ1) is 7.81. The van der Waals surface area contributed by atoms with E-state index in [1.165, 1.54) is 0 Å². The minimum absolute atomic E-state index is 0.141. The van der Waals surface area contributed by atoms with Gasteiger partial charge in [0.1, 0.15) is 17.1 Å². The van der Waals surface area contributed by atoms with Crippen LogP contribution in [0.4, 0.5) is 0 Å². The molecule has 3 heteroatoms. The average molecular weight is 235 g/mol. The molecule has 1 aromatic carbocycles. The van der Waals surface area contributed by atoms with Crippen LogP contribution in [-0.4, -0.2) is 17.3 Å². The Balaban J connectivity index is 2.75. The number of benzene rings is 1. The first kappa shape index (κ1) is 12.2. The lowest BCUT2D eigenvalue weighted by atomic mass is 9.83. The van der Waals surface area contributed by atoms with Gasteiger partial charge in [-0.3, -0.25) is 0 Å². The molecule has 0 bridgehead atoms. The van der Waals surface area contributed by atoms with Gasteiger partial charge in [-0.15, -0.1) is 0 Å². The van der Waals surface area contributed by atoms with Crippen LogP contribution in [0, 0.1) is 20.8 Å². The second-order valence-electron chi connectivity index (χ2n) is 5.46. The van der Waals surface area contributed by atoms with Crippen molar-refractivity contribution in [1.82, 2.24) is 0 Å². The van der Waals surface area contributed by atoms with Crippen LogP contribution < -0.4 is 10.5 Å². The third-order valence-corrected chi connectivity index (χ3v) is 4.05. The summed E-state index contributed by atoms with van der Waals surface area (Å²) >= 11 is 0. The average Bonchev–Trinajstić information content (AvgIpc) is 2.54. The highest BCUT2D eigenvalue weighted by molar-refractivity contribution is 5.61. The maximum atomic E-state index is 10.1. The van der Waals surface area contributed by atoms with Crippen molar-refractivity contribution in [3.8, 4) is 11.5 Å². The molecule has 1 aliphatic heterocycles. The van der Waals surface area contributed by atoms with E-state index in [-0.39, 0.29) is 11.5 Å². The van der Waals surface area contributed by atoms with Crippen LogP contribution in [0.25, 0.3) is 0 Å². The van der Waals surface area contributed by atoms with Crippen LogP contribution >= 0.6 is 0 Å². The predicted octanol–water partition coefficient (Wildman–Crippen LogP) is 2.53. The van der Waals surface area contributed by atoms with E-state index in [0.717, 1.165) is 28.0 Å². The summed E-state index contributed by atoms with van der Waals surface area (Å²) in [4.78, 5) is 0. The van der Waals surface area contributed by atoms with Gasteiger partial charge in [0.05, 0.1) is 0 Å². The standard InChI is InChI=1S/C14H21NO2/c1-7-8(2)13-11(9(3)12(7)16)10(6-15)14(4,5)17-13/h10,16H,6,15H2,1-5H3. The fourth-order valence-electron chi connectivity index (χ4n) is 2.76. The Morgan fingerprint density at radius 2 is 1.76 bits per heavy atom. The third kappa shape index (κ3) is 1.53. The van der Waals surface area contributed by atoms with E-state index in [9.17, 15) is 5.11 Å². The van der Waals surface area contributed by atoms with Crippen molar-refractivity contribution in [2.45, 2.75) is 46.1 Å². The Morgan fingerprint density at radius 3 is 2.29 bits per heavy atom. The Hall–Kier alpha value is -1.22. The quantitative estimate of drug-likeness (QED) is 0.786. The Kier molecular flexibility index (Phi) is 2.62. The van der Waals surface area contributed by atoms with Crippen LogP contribution in [0.2, 0.25) is 0 Å². The molecule has 0 amide bonds.